The zero-order valence-corrected chi connectivity index (χ0v) is 18.9. The standard InChI is InChI=1S/C24H18F2N6O2S/c25-24(26)34-14-6-4-13(5-7-14)29-12-19-15-2-1-3-17(16(15)8-10-28-19)31-23(33)22-30-18-9-11-35-20(18)21(27)32-22/h1-11,24,29H,12H2,(H,31,33)(H2,27,30,32). The average Bonchev–Trinajstić information content (AvgIpc) is 3.33. The van der Waals surface area contributed by atoms with Crippen molar-refractivity contribution in [2.45, 2.75) is 13.2 Å². The summed E-state index contributed by atoms with van der Waals surface area (Å²) in [6.07, 6.45) is 1.65. The Labute approximate surface area is 201 Å². The number of anilines is 3. The highest BCUT2D eigenvalue weighted by Crippen LogP contribution is 2.27. The van der Waals surface area contributed by atoms with Crippen molar-refractivity contribution < 1.29 is 18.3 Å². The molecule has 5 aromatic rings. The molecular formula is C24H18F2N6O2S. The number of ether oxygens (including phenoxy) is 1. The Kier molecular flexibility index (Phi) is 6.06. The van der Waals surface area contributed by atoms with Crippen molar-refractivity contribution in [2.24, 2.45) is 0 Å². The van der Waals surface area contributed by atoms with Crippen molar-refractivity contribution in [3.05, 3.63) is 77.7 Å². The molecule has 2 aromatic carbocycles. The summed E-state index contributed by atoms with van der Waals surface area (Å²) in [4.78, 5) is 25.8. The number of carbonyl (C=O) groups excluding carboxylic acids is 1. The van der Waals surface area contributed by atoms with Gasteiger partial charge in [0.15, 0.2) is 0 Å². The fourth-order valence-corrected chi connectivity index (χ4v) is 4.36. The molecule has 176 valence electrons. The van der Waals surface area contributed by atoms with E-state index in [4.69, 9.17) is 5.73 Å². The summed E-state index contributed by atoms with van der Waals surface area (Å²) >= 11 is 1.42. The zero-order chi connectivity index (χ0) is 24.4. The molecule has 8 nitrogen and oxygen atoms in total. The molecule has 0 spiro atoms. The average molecular weight is 493 g/mol. The third kappa shape index (κ3) is 4.80. The number of thiophene rings is 1. The van der Waals surface area contributed by atoms with Gasteiger partial charge in [-0.1, -0.05) is 12.1 Å². The first-order chi connectivity index (χ1) is 17.0. The van der Waals surface area contributed by atoms with Gasteiger partial charge in [-0.3, -0.25) is 9.78 Å². The van der Waals surface area contributed by atoms with Crippen LogP contribution in [0.25, 0.3) is 21.0 Å². The van der Waals surface area contributed by atoms with Gasteiger partial charge in [0, 0.05) is 28.3 Å². The predicted molar refractivity (Wildman–Crippen MR) is 132 cm³/mol. The minimum atomic E-state index is -2.87. The largest absolute Gasteiger partial charge is 0.435 e. The van der Waals surface area contributed by atoms with Crippen LogP contribution in [-0.2, 0) is 6.54 Å². The van der Waals surface area contributed by atoms with E-state index in [0.717, 1.165) is 21.2 Å². The van der Waals surface area contributed by atoms with Crippen LogP contribution in [0.4, 0.5) is 26.0 Å². The molecule has 0 aliphatic rings. The molecule has 0 aliphatic heterocycles. The van der Waals surface area contributed by atoms with E-state index in [0.29, 0.717) is 23.4 Å². The fourth-order valence-electron chi connectivity index (χ4n) is 3.62. The first-order valence-corrected chi connectivity index (χ1v) is 11.3. The highest BCUT2D eigenvalue weighted by atomic mass is 32.1. The van der Waals surface area contributed by atoms with Gasteiger partial charge in [-0.15, -0.1) is 11.3 Å². The monoisotopic (exact) mass is 492 g/mol. The first kappa shape index (κ1) is 22.4. The van der Waals surface area contributed by atoms with Gasteiger partial charge in [0.05, 0.1) is 22.5 Å². The second-order valence-electron chi connectivity index (χ2n) is 7.44. The van der Waals surface area contributed by atoms with Gasteiger partial charge in [-0.05, 0) is 47.8 Å². The van der Waals surface area contributed by atoms with E-state index in [9.17, 15) is 13.6 Å². The molecule has 5 rings (SSSR count). The van der Waals surface area contributed by atoms with E-state index in [1.54, 1.807) is 30.5 Å². The summed E-state index contributed by atoms with van der Waals surface area (Å²) in [5, 5.41) is 9.55. The van der Waals surface area contributed by atoms with Crippen LogP contribution in [0.1, 0.15) is 16.3 Å². The van der Waals surface area contributed by atoms with Gasteiger partial charge in [0.2, 0.25) is 5.82 Å². The maximum atomic E-state index is 12.9. The third-order valence-electron chi connectivity index (χ3n) is 5.21. The number of alkyl halides is 2. The summed E-state index contributed by atoms with van der Waals surface area (Å²) in [6.45, 7) is -2.50. The van der Waals surface area contributed by atoms with Crippen molar-refractivity contribution in [1.29, 1.82) is 0 Å². The first-order valence-electron chi connectivity index (χ1n) is 10.5. The van der Waals surface area contributed by atoms with Crippen molar-refractivity contribution >= 4 is 55.4 Å². The molecule has 3 aromatic heterocycles. The van der Waals surface area contributed by atoms with Gasteiger partial charge >= 0.3 is 6.61 Å². The molecule has 0 saturated carbocycles. The van der Waals surface area contributed by atoms with Gasteiger partial charge in [0.25, 0.3) is 5.91 Å². The fraction of sp³-hybridized carbons (Fsp3) is 0.0833. The van der Waals surface area contributed by atoms with Crippen LogP contribution < -0.4 is 21.1 Å². The van der Waals surface area contributed by atoms with Gasteiger partial charge in [-0.2, -0.15) is 8.78 Å². The minimum Gasteiger partial charge on any atom is -0.435 e. The zero-order valence-electron chi connectivity index (χ0n) is 18.0. The van der Waals surface area contributed by atoms with Crippen LogP contribution in [0, 0.1) is 0 Å². The lowest BCUT2D eigenvalue weighted by molar-refractivity contribution is -0.0498. The predicted octanol–water partition coefficient (Wildman–Crippen LogP) is 5.29. The molecule has 11 heteroatoms. The van der Waals surface area contributed by atoms with E-state index in [-0.39, 0.29) is 17.4 Å². The van der Waals surface area contributed by atoms with Crippen molar-refractivity contribution in [3.8, 4) is 5.75 Å². The maximum Gasteiger partial charge on any atom is 0.387 e. The molecule has 0 radical (unpaired) electrons. The second-order valence-corrected chi connectivity index (χ2v) is 8.35. The number of fused-ring (bicyclic) bond motifs is 2. The second kappa shape index (κ2) is 9.47. The Bertz CT molecular complexity index is 1520. The molecule has 0 atom stereocenters. The van der Waals surface area contributed by atoms with Crippen LogP contribution in [0.2, 0.25) is 0 Å². The van der Waals surface area contributed by atoms with Gasteiger partial charge in [0.1, 0.15) is 11.6 Å². The Morgan fingerprint density at radius 1 is 1.06 bits per heavy atom. The third-order valence-corrected chi connectivity index (χ3v) is 6.14. The summed E-state index contributed by atoms with van der Waals surface area (Å²) < 4.78 is 29.8. The topological polar surface area (TPSA) is 115 Å². The molecular weight excluding hydrogens is 474 g/mol. The van der Waals surface area contributed by atoms with Crippen molar-refractivity contribution in [3.63, 3.8) is 0 Å². The van der Waals surface area contributed by atoms with Crippen molar-refractivity contribution in [2.75, 3.05) is 16.4 Å². The Morgan fingerprint density at radius 3 is 2.69 bits per heavy atom. The Hall–Kier alpha value is -4.38. The summed E-state index contributed by atoms with van der Waals surface area (Å²) in [7, 11) is 0. The van der Waals surface area contributed by atoms with E-state index in [2.05, 4.69) is 30.3 Å². The van der Waals surface area contributed by atoms with E-state index < -0.39 is 12.5 Å². The molecule has 0 unspecified atom stereocenters. The molecule has 0 aliphatic carbocycles. The number of hydrogen-bond donors (Lipinski definition) is 3. The lowest BCUT2D eigenvalue weighted by Crippen LogP contribution is -2.16. The molecule has 0 fully saturated rings. The Balaban J connectivity index is 1.36. The highest BCUT2D eigenvalue weighted by molar-refractivity contribution is 7.17. The Morgan fingerprint density at radius 2 is 1.89 bits per heavy atom. The number of aromatic nitrogens is 3. The summed E-state index contributed by atoms with van der Waals surface area (Å²) in [5.74, 6) is -0.141. The molecule has 35 heavy (non-hydrogen) atoms. The van der Waals surface area contributed by atoms with Gasteiger partial charge < -0.3 is 21.1 Å². The molecule has 0 saturated heterocycles. The van der Waals surface area contributed by atoms with E-state index in [1.165, 1.54) is 23.5 Å². The number of rotatable bonds is 7. The molecule has 3 heterocycles. The number of benzene rings is 2. The molecule has 1 amide bonds. The number of hydrogen-bond acceptors (Lipinski definition) is 8. The number of carbonyl (C=O) groups is 1. The number of amides is 1. The smallest absolute Gasteiger partial charge is 0.387 e. The minimum absolute atomic E-state index is 0.0133. The number of halogens is 2. The number of pyridine rings is 1. The number of nitrogens with two attached hydrogens (primary N) is 1. The van der Waals surface area contributed by atoms with E-state index in [1.807, 2.05) is 23.6 Å². The van der Waals surface area contributed by atoms with Crippen LogP contribution in [0.5, 0.6) is 5.75 Å². The maximum absolute atomic E-state index is 12.9. The SMILES string of the molecule is Nc1nc(C(=O)Nc2cccc3c(CNc4ccc(OC(F)F)cc4)nccc23)nc2ccsc12. The lowest BCUT2D eigenvalue weighted by Gasteiger charge is -2.12. The van der Waals surface area contributed by atoms with Crippen LogP contribution >= 0.6 is 11.3 Å². The van der Waals surface area contributed by atoms with E-state index >= 15 is 0 Å². The highest BCUT2D eigenvalue weighted by Gasteiger charge is 2.16. The normalized spacial score (nSPS) is 11.2. The summed E-state index contributed by atoms with van der Waals surface area (Å²) in [5.41, 5.74) is 8.64. The lowest BCUT2D eigenvalue weighted by atomic mass is 10.1. The van der Waals surface area contributed by atoms with Crippen molar-refractivity contribution in [1.82, 2.24) is 15.0 Å². The number of nitrogen functional groups attached to an aromatic ring is 1. The quantitative estimate of drug-likeness (QED) is 0.283. The summed E-state index contributed by atoms with van der Waals surface area (Å²) in [6, 6.07) is 15.3. The van der Waals surface area contributed by atoms with Crippen LogP contribution in [-0.4, -0.2) is 27.5 Å². The molecule has 4 N–H and O–H groups in total. The van der Waals surface area contributed by atoms with Crippen LogP contribution in [0.3, 0.4) is 0 Å². The van der Waals surface area contributed by atoms with Crippen LogP contribution in [0.15, 0.2) is 66.2 Å². The van der Waals surface area contributed by atoms with Gasteiger partial charge in [-0.25, -0.2) is 9.97 Å². The number of nitrogens with one attached hydrogen (secondary N) is 2. The number of nitrogens with zero attached hydrogens (tertiary/aromatic N) is 3. The molecule has 0 bridgehead atoms.